The van der Waals surface area contributed by atoms with Gasteiger partial charge in [-0.05, 0) is 18.8 Å². The number of nitrogens with zero attached hydrogens (tertiary/aromatic N) is 1. The van der Waals surface area contributed by atoms with Crippen molar-refractivity contribution in [2.24, 2.45) is 23.7 Å². The summed E-state index contributed by atoms with van der Waals surface area (Å²) in [5.41, 5.74) is 0. The second kappa shape index (κ2) is 4.72. The number of quaternary nitrogens is 1. The lowest BCUT2D eigenvalue weighted by molar-refractivity contribution is -0.870. The predicted octanol–water partition coefficient (Wildman–Crippen LogP) is 0.824. The highest BCUT2D eigenvalue weighted by atomic mass is 16.6. The van der Waals surface area contributed by atoms with Gasteiger partial charge in [-0.2, -0.15) is 0 Å². The fourth-order valence-electron chi connectivity index (χ4n) is 4.13. The van der Waals surface area contributed by atoms with E-state index in [9.17, 15) is 9.59 Å². The Morgan fingerprint density at radius 3 is 2.80 bits per heavy atom. The second-order valence-electron chi connectivity index (χ2n) is 7.46. The molecule has 2 saturated carbocycles. The van der Waals surface area contributed by atoms with E-state index in [1.807, 2.05) is 0 Å². The Morgan fingerprint density at radius 2 is 2.10 bits per heavy atom. The number of hydrogen-bond acceptors (Lipinski definition) is 4. The van der Waals surface area contributed by atoms with Gasteiger partial charge in [0.25, 0.3) is 0 Å². The van der Waals surface area contributed by atoms with Crippen LogP contribution in [0.25, 0.3) is 0 Å². The lowest BCUT2D eigenvalue weighted by Gasteiger charge is -2.25. The lowest BCUT2D eigenvalue weighted by Crippen LogP contribution is -2.37. The topological polar surface area (TPSA) is 52.6 Å². The average molecular weight is 282 g/mol. The molecule has 112 valence electrons. The molecule has 2 aliphatic carbocycles. The lowest BCUT2D eigenvalue weighted by atomic mass is 9.80. The number of hydrogen-bond donors (Lipinski definition) is 0. The summed E-state index contributed by atoms with van der Waals surface area (Å²) < 4.78 is 11.6. The summed E-state index contributed by atoms with van der Waals surface area (Å²) >= 11 is 0. The molecule has 0 aromatic carbocycles. The number of fused-ring (bicyclic) bond motifs is 1. The summed E-state index contributed by atoms with van der Waals surface area (Å²) in [6.07, 6.45) is 2.75. The molecule has 0 unspecified atom stereocenters. The molecule has 3 rings (SSSR count). The summed E-state index contributed by atoms with van der Waals surface area (Å²) in [6, 6.07) is 0. The second-order valence-corrected chi connectivity index (χ2v) is 7.46. The third-order valence-corrected chi connectivity index (χ3v) is 4.97. The SMILES string of the molecule is C[N+](C)(C)CCCOC(=O)[C@H]1[C@H]2C[C@@H]3[C@@H]1C(=O)O[C@@H]3C2. The zero-order valence-electron chi connectivity index (χ0n) is 12.5. The van der Waals surface area contributed by atoms with Crippen molar-refractivity contribution in [3.8, 4) is 0 Å². The molecule has 1 saturated heterocycles. The molecule has 1 heterocycles. The highest BCUT2D eigenvalue weighted by Gasteiger charge is 2.64. The average Bonchev–Trinajstić information content (AvgIpc) is 2.93. The number of ether oxygens (including phenoxy) is 2. The van der Waals surface area contributed by atoms with Crippen LogP contribution in [0, 0.1) is 23.7 Å². The van der Waals surface area contributed by atoms with Crippen LogP contribution in [-0.2, 0) is 19.1 Å². The van der Waals surface area contributed by atoms with Crippen LogP contribution in [0.1, 0.15) is 19.3 Å². The van der Waals surface area contributed by atoms with Gasteiger partial charge in [-0.15, -0.1) is 0 Å². The maximum absolute atomic E-state index is 12.3. The van der Waals surface area contributed by atoms with Gasteiger partial charge in [-0.25, -0.2) is 0 Å². The largest absolute Gasteiger partial charge is 0.465 e. The van der Waals surface area contributed by atoms with Gasteiger partial charge in [-0.1, -0.05) is 0 Å². The van der Waals surface area contributed by atoms with Crippen LogP contribution in [0.4, 0.5) is 0 Å². The van der Waals surface area contributed by atoms with Crippen LogP contribution in [0.5, 0.6) is 0 Å². The van der Waals surface area contributed by atoms with E-state index in [-0.39, 0.29) is 35.8 Å². The van der Waals surface area contributed by atoms with Crippen molar-refractivity contribution in [1.29, 1.82) is 0 Å². The maximum Gasteiger partial charge on any atom is 0.310 e. The Hall–Kier alpha value is -1.10. The molecule has 5 atom stereocenters. The van der Waals surface area contributed by atoms with Gasteiger partial charge < -0.3 is 14.0 Å². The van der Waals surface area contributed by atoms with Crippen molar-refractivity contribution < 1.29 is 23.5 Å². The Bertz CT molecular complexity index is 426. The van der Waals surface area contributed by atoms with E-state index < -0.39 is 0 Å². The van der Waals surface area contributed by atoms with Gasteiger partial charge in [0.05, 0.1) is 46.1 Å². The van der Waals surface area contributed by atoms with E-state index in [0.29, 0.717) is 12.5 Å². The van der Waals surface area contributed by atoms with Crippen LogP contribution in [0.2, 0.25) is 0 Å². The maximum atomic E-state index is 12.3. The van der Waals surface area contributed by atoms with E-state index >= 15 is 0 Å². The molecule has 5 heteroatoms. The molecule has 2 bridgehead atoms. The van der Waals surface area contributed by atoms with Gasteiger partial charge in [0, 0.05) is 12.3 Å². The molecule has 5 nitrogen and oxygen atoms in total. The zero-order chi connectivity index (χ0) is 14.5. The van der Waals surface area contributed by atoms with E-state index in [0.717, 1.165) is 30.3 Å². The third kappa shape index (κ3) is 2.32. The van der Waals surface area contributed by atoms with Gasteiger partial charge in [0.2, 0.25) is 0 Å². The van der Waals surface area contributed by atoms with Crippen LogP contribution in [0.15, 0.2) is 0 Å². The summed E-state index contributed by atoms with van der Waals surface area (Å²) in [5, 5.41) is 0. The number of carbonyl (C=O) groups is 2. The van der Waals surface area contributed by atoms with Crippen LogP contribution in [0.3, 0.4) is 0 Å². The van der Waals surface area contributed by atoms with Gasteiger partial charge in [0.15, 0.2) is 0 Å². The molecule has 0 N–H and O–H groups in total. The minimum atomic E-state index is -0.240. The van der Waals surface area contributed by atoms with E-state index in [4.69, 9.17) is 9.47 Å². The van der Waals surface area contributed by atoms with Gasteiger partial charge in [0.1, 0.15) is 6.10 Å². The van der Waals surface area contributed by atoms with Crippen LogP contribution < -0.4 is 0 Å². The number of rotatable bonds is 5. The van der Waals surface area contributed by atoms with E-state index in [2.05, 4.69) is 21.1 Å². The molecule has 0 amide bonds. The van der Waals surface area contributed by atoms with E-state index in [1.54, 1.807) is 0 Å². The molecule has 0 aromatic heterocycles. The fourth-order valence-corrected chi connectivity index (χ4v) is 4.13. The first kappa shape index (κ1) is 13.9. The Balaban J connectivity index is 1.52. The van der Waals surface area contributed by atoms with Crippen molar-refractivity contribution in [1.82, 2.24) is 0 Å². The summed E-state index contributed by atoms with van der Waals surface area (Å²) in [7, 11) is 6.35. The standard InChI is InChI=1S/C15H24NO4/c1-16(2,3)5-4-6-19-14(17)12-9-7-10-11(8-9)20-15(18)13(10)12/h9-13H,4-8H2,1-3H3/q+1/t9-,10-,11+,12-,13-/m0/s1. The number of carbonyl (C=O) groups excluding carboxylic acids is 2. The van der Waals surface area contributed by atoms with Crippen molar-refractivity contribution in [2.45, 2.75) is 25.4 Å². The monoisotopic (exact) mass is 282 g/mol. The minimum Gasteiger partial charge on any atom is -0.465 e. The first-order valence-electron chi connectivity index (χ1n) is 7.54. The van der Waals surface area contributed by atoms with Crippen LogP contribution in [-0.4, -0.2) is 56.8 Å². The predicted molar refractivity (Wildman–Crippen MR) is 71.5 cm³/mol. The molecular weight excluding hydrogens is 258 g/mol. The Morgan fingerprint density at radius 1 is 1.35 bits per heavy atom. The molecular formula is C15H24NO4+. The van der Waals surface area contributed by atoms with Crippen LogP contribution >= 0.6 is 0 Å². The molecule has 20 heavy (non-hydrogen) atoms. The third-order valence-electron chi connectivity index (χ3n) is 4.97. The highest BCUT2D eigenvalue weighted by molar-refractivity contribution is 5.85. The molecule has 3 aliphatic rings. The number of esters is 2. The minimum absolute atomic E-state index is 0.0831. The fraction of sp³-hybridized carbons (Fsp3) is 0.867. The molecule has 3 fully saturated rings. The molecule has 0 radical (unpaired) electrons. The quantitative estimate of drug-likeness (QED) is 0.426. The van der Waals surface area contributed by atoms with Crippen molar-refractivity contribution in [2.75, 3.05) is 34.3 Å². The first-order valence-corrected chi connectivity index (χ1v) is 7.54. The molecule has 0 aromatic rings. The van der Waals surface area contributed by atoms with Crippen molar-refractivity contribution in [3.05, 3.63) is 0 Å². The van der Waals surface area contributed by atoms with E-state index in [1.165, 1.54) is 0 Å². The van der Waals surface area contributed by atoms with Crippen molar-refractivity contribution in [3.63, 3.8) is 0 Å². The van der Waals surface area contributed by atoms with Gasteiger partial charge >= 0.3 is 11.9 Å². The summed E-state index contributed by atoms with van der Waals surface area (Å²) in [6.45, 7) is 1.42. The molecule has 0 spiro atoms. The Labute approximate surface area is 119 Å². The Kier molecular flexibility index (Phi) is 3.27. The smallest absolute Gasteiger partial charge is 0.310 e. The first-order chi connectivity index (χ1) is 9.37. The normalized spacial score (nSPS) is 38.1. The zero-order valence-corrected chi connectivity index (χ0v) is 12.5. The highest BCUT2D eigenvalue weighted by Crippen LogP contribution is 2.57. The summed E-state index contributed by atoms with van der Waals surface area (Å²) in [4.78, 5) is 24.1. The van der Waals surface area contributed by atoms with Crippen molar-refractivity contribution >= 4 is 11.9 Å². The summed E-state index contributed by atoms with van der Waals surface area (Å²) in [5.74, 6) is -0.238. The van der Waals surface area contributed by atoms with Gasteiger partial charge in [-0.3, -0.25) is 9.59 Å². The molecule has 1 aliphatic heterocycles.